The van der Waals surface area contributed by atoms with Gasteiger partial charge in [-0.25, -0.2) is 13.1 Å². The Morgan fingerprint density at radius 3 is 2.31 bits per heavy atom. The van der Waals surface area contributed by atoms with Crippen LogP contribution in [0.3, 0.4) is 0 Å². The first-order valence-electron chi connectivity index (χ1n) is 11.5. The molecule has 2 atom stereocenters. The molecule has 0 saturated heterocycles. The summed E-state index contributed by atoms with van der Waals surface area (Å²) in [6.07, 6.45) is 6.42. The number of sulfonamides is 1. The molecule has 1 fully saturated rings. The highest BCUT2D eigenvalue weighted by Crippen LogP contribution is 2.20. The van der Waals surface area contributed by atoms with Gasteiger partial charge in [0.05, 0.1) is 4.90 Å². The molecule has 32 heavy (non-hydrogen) atoms. The van der Waals surface area contributed by atoms with Gasteiger partial charge in [-0.2, -0.15) is 0 Å². The van der Waals surface area contributed by atoms with Crippen LogP contribution in [0.15, 0.2) is 59.5 Å². The van der Waals surface area contributed by atoms with E-state index in [0.717, 1.165) is 32.1 Å². The van der Waals surface area contributed by atoms with E-state index in [1.54, 1.807) is 19.1 Å². The highest BCUT2D eigenvalue weighted by Gasteiger charge is 2.21. The van der Waals surface area contributed by atoms with Gasteiger partial charge in [0.2, 0.25) is 10.0 Å². The molecule has 0 radical (unpaired) electrons. The summed E-state index contributed by atoms with van der Waals surface area (Å²) in [6, 6.07) is 16.2. The van der Waals surface area contributed by atoms with Crippen molar-refractivity contribution in [2.75, 3.05) is 0 Å². The molecule has 0 bridgehead atoms. The van der Waals surface area contributed by atoms with Crippen molar-refractivity contribution >= 4 is 15.9 Å². The quantitative estimate of drug-likeness (QED) is 0.559. The third kappa shape index (κ3) is 7.35. The van der Waals surface area contributed by atoms with Gasteiger partial charge < -0.3 is 10.1 Å². The predicted molar refractivity (Wildman–Crippen MR) is 126 cm³/mol. The average Bonchev–Trinajstić information content (AvgIpc) is 2.79. The average molecular weight is 459 g/mol. The molecule has 2 aromatic rings. The van der Waals surface area contributed by atoms with E-state index in [9.17, 15) is 13.2 Å². The minimum absolute atomic E-state index is 0.137. The SMILES string of the molecule is C[C@@H](CCc1ccccc1)NS(=O)(=O)c1ccc(O[C@H](C)C(=O)NC2CCCCC2)cc1. The summed E-state index contributed by atoms with van der Waals surface area (Å²) in [5.74, 6) is 0.329. The summed E-state index contributed by atoms with van der Waals surface area (Å²) in [4.78, 5) is 12.6. The molecule has 0 aliphatic heterocycles. The number of carbonyl (C=O) groups is 1. The van der Waals surface area contributed by atoms with E-state index in [0.29, 0.717) is 12.2 Å². The molecule has 0 unspecified atom stereocenters. The van der Waals surface area contributed by atoms with Crippen LogP contribution < -0.4 is 14.8 Å². The fraction of sp³-hybridized carbons (Fsp3) is 0.480. The Morgan fingerprint density at radius 2 is 1.66 bits per heavy atom. The topological polar surface area (TPSA) is 84.5 Å². The first-order valence-corrected chi connectivity index (χ1v) is 12.9. The van der Waals surface area contributed by atoms with Crippen molar-refractivity contribution in [2.24, 2.45) is 0 Å². The Kier molecular flexibility index (Phi) is 8.70. The lowest BCUT2D eigenvalue weighted by Gasteiger charge is -2.24. The Hall–Kier alpha value is -2.38. The van der Waals surface area contributed by atoms with Crippen molar-refractivity contribution in [2.45, 2.75) is 81.9 Å². The number of amides is 1. The van der Waals surface area contributed by atoms with E-state index < -0.39 is 16.1 Å². The Morgan fingerprint density at radius 1 is 1.00 bits per heavy atom. The highest BCUT2D eigenvalue weighted by molar-refractivity contribution is 7.89. The molecule has 2 N–H and O–H groups in total. The minimum atomic E-state index is -3.63. The molecular weight excluding hydrogens is 424 g/mol. The summed E-state index contributed by atoms with van der Waals surface area (Å²) in [7, 11) is -3.63. The van der Waals surface area contributed by atoms with Gasteiger partial charge in [-0.15, -0.1) is 0 Å². The largest absolute Gasteiger partial charge is 0.481 e. The second-order valence-electron chi connectivity index (χ2n) is 8.62. The van der Waals surface area contributed by atoms with E-state index >= 15 is 0 Å². The zero-order valence-corrected chi connectivity index (χ0v) is 19.7. The van der Waals surface area contributed by atoms with E-state index in [-0.39, 0.29) is 22.9 Å². The van der Waals surface area contributed by atoms with Crippen LogP contribution in [0.4, 0.5) is 0 Å². The first-order chi connectivity index (χ1) is 15.3. The smallest absolute Gasteiger partial charge is 0.260 e. The zero-order valence-electron chi connectivity index (χ0n) is 18.9. The molecule has 2 aromatic carbocycles. The third-order valence-electron chi connectivity index (χ3n) is 5.83. The van der Waals surface area contributed by atoms with Crippen molar-refractivity contribution in [1.82, 2.24) is 10.0 Å². The van der Waals surface area contributed by atoms with Crippen LogP contribution in [0.1, 0.15) is 57.9 Å². The van der Waals surface area contributed by atoms with Gasteiger partial charge in [0.1, 0.15) is 5.75 Å². The molecule has 6 nitrogen and oxygen atoms in total. The first kappa shape index (κ1) is 24.3. The van der Waals surface area contributed by atoms with Gasteiger partial charge in [-0.3, -0.25) is 4.79 Å². The maximum Gasteiger partial charge on any atom is 0.260 e. The predicted octanol–water partition coefficient (Wildman–Crippen LogP) is 4.20. The summed E-state index contributed by atoms with van der Waals surface area (Å²) >= 11 is 0. The van der Waals surface area contributed by atoms with Gasteiger partial charge in [0.25, 0.3) is 5.91 Å². The molecule has 1 aliphatic carbocycles. The molecular formula is C25H34N2O4S. The van der Waals surface area contributed by atoms with Crippen LogP contribution in [0.5, 0.6) is 5.75 Å². The molecule has 0 aromatic heterocycles. The summed E-state index contributed by atoms with van der Waals surface area (Å²) < 4.78 is 33.9. The highest BCUT2D eigenvalue weighted by atomic mass is 32.2. The van der Waals surface area contributed by atoms with Crippen molar-refractivity contribution < 1.29 is 17.9 Å². The van der Waals surface area contributed by atoms with Gasteiger partial charge >= 0.3 is 0 Å². The lowest BCUT2D eigenvalue weighted by molar-refractivity contribution is -0.128. The van der Waals surface area contributed by atoms with Crippen molar-refractivity contribution in [3.8, 4) is 5.75 Å². The lowest BCUT2D eigenvalue weighted by Crippen LogP contribution is -2.43. The van der Waals surface area contributed by atoms with E-state index in [1.807, 2.05) is 37.3 Å². The van der Waals surface area contributed by atoms with Gasteiger partial charge in [0, 0.05) is 12.1 Å². The lowest BCUT2D eigenvalue weighted by atomic mass is 9.95. The van der Waals surface area contributed by atoms with Crippen LogP contribution in [-0.4, -0.2) is 32.5 Å². The van der Waals surface area contributed by atoms with Crippen LogP contribution in [0.2, 0.25) is 0 Å². The Labute approximate surface area is 191 Å². The second kappa shape index (κ2) is 11.5. The Bertz CT molecular complexity index is 955. The minimum Gasteiger partial charge on any atom is -0.481 e. The van der Waals surface area contributed by atoms with Gasteiger partial charge in [0.15, 0.2) is 6.10 Å². The van der Waals surface area contributed by atoms with E-state index in [4.69, 9.17) is 4.74 Å². The normalized spacial score (nSPS) is 16.8. The maximum absolute atomic E-state index is 12.7. The Balaban J connectivity index is 1.50. The van der Waals surface area contributed by atoms with Crippen LogP contribution in [0.25, 0.3) is 0 Å². The van der Waals surface area contributed by atoms with Crippen molar-refractivity contribution in [3.05, 3.63) is 60.2 Å². The molecule has 1 aliphatic rings. The molecule has 0 heterocycles. The number of carbonyl (C=O) groups excluding carboxylic acids is 1. The van der Waals surface area contributed by atoms with E-state index in [2.05, 4.69) is 10.0 Å². The molecule has 1 amide bonds. The van der Waals surface area contributed by atoms with Gasteiger partial charge in [-0.05, 0) is 69.4 Å². The summed E-state index contributed by atoms with van der Waals surface area (Å²) in [5, 5.41) is 3.05. The van der Waals surface area contributed by atoms with E-state index in [1.165, 1.54) is 24.1 Å². The third-order valence-corrected chi connectivity index (χ3v) is 7.44. The number of ether oxygens (including phenoxy) is 1. The molecule has 7 heteroatoms. The number of hydrogen-bond donors (Lipinski definition) is 2. The summed E-state index contributed by atoms with van der Waals surface area (Å²) in [5.41, 5.74) is 1.18. The standard InChI is InChI=1S/C25H34N2O4S/c1-19(13-14-21-9-5-3-6-10-21)27-32(29,30)24-17-15-23(16-18-24)31-20(2)25(28)26-22-11-7-4-8-12-22/h3,5-6,9-10,15-20,22,27H,4,7-8,11-14H2,1-2H3,(H,26,28)/t19-,20+/m0/s1. The summed E-state index contributed by atoms with van der Waals surface area (Å²) in [6.45, 7) is 3.57. The number of rotatable bonds is 10. The number of nitrogens with one attached hydrogen (secondary N) is 2. The van der Waals surface area contributed by atoms with Crippen molar-refractivity contribution in [3.63, 3.8) is 0 Å². The monoisotopic (exact) mass is 458 g/mol. The molecule has 3 rings (SSSR count). The second-order valence-corrected chi connectivity index (χ2v) is 10.3. The van der Waals surface area contributed by atoms with Gasteiger partial charge in [-0.1, -0.05) is 49.6 Å². The molecule has 1 saturated carbocycles. The molecule has 174 valence electrons. The van der Waals surface area contributed by atoms with Crippen LogP contribution in [-0.2, 0) is 21.2 Å². The molecule has 0 spiro atoms. The maximum atomic E-state index is 12.7. The fourth-order valence-electron chi connectivity index (χ4n) is 3.94. The number of hydrogen-bond acceptors (Lipinski definition) is 4. The zero-order chi connectivity index (χ0) is 23.0. The number of benzene rings is 2. The fourth-order valence-corrected chi connectivity index (χ4v) is 5.22. The van der Waals surface area contributed by atoms with Crippen LogP contribution >= 0.6 is 0 Å². The van der Waals surface area contributed by atoms with Crippen LogP contribution in [0, 0.1) is 0 Å². The van der Waals surface area contributed by atoms with Crippen molar-refractivity contribution in [1.29, 1.82) is 0 Å². The number of aryl methyl sites for hydroxylation is 1.